The van der Waals surface area contributed by atoms with Crippen LogP contribution in [-0.4, -0.2) is 43.5 Å². The summed E-state index contributed by atoms with van der Waals surface area (Å²) >= 11 is 0. The van der Waals surface area contributed by atoms with Gasteiger partial charge in [0.1, 0.15) is 6.54 Å². The number of alkyl halides is 3. The van der Waals surface area contributed by atoms with Gasteiger partial charge in [-0.2, -0.15) is 17.5 Å². The van der Waals surface area contributed by atoms with Gasteiger partial charge in [-0.05, 0) is 12.1 Å². The van der Waals surface area contributed by atoms with Gasteiger partial charge in [-0.1, -0.05) is 0 Å². The van der Waals surface area contributed by atoms with E-state index in [0.29, 0.717) is 0 Å². The number of sulfonamides is 1. The molecule has 21 heavy (non-hydrogen) atoms. The van der Waals surface area contributed by atoms with Gasteiger partial charge in [0.25, 0.3) is 5.69 Å². The van der Waals surface area contributed by atoms with E-state index >= 15 is 0 Å². The van der Waals surface area contributed by atoms with Gasteiger partial charge >= 0.3 is 6.18 Å². The van der Waals surface area contributed by atoms with Gasteiger partial charge in [0, 0.05) is 25.2 Å². The molecule has 0 aromatic heterocycles. The number of nitro groups is 1. The second-order valence-electron chi connectivity index (χ2n) is 3.99. The third-order valence-corrected chi connectivity index (χ3v) is 4.28. The number of non-ortho nitro benzene ring substituents is 1. The van der Waals surface area contributed by atoms with Gasteiger partial charge in [-0.3, -0.25) is 10.1 Å². The molecular formula is C10H12F3N3O4S. The van der Waals surface area contributed by atoms with Crippen molar-refractivity contribution < 1.29 is 26.5 Å². The lowest BCUT2D eigenvalue weighted by molar-refractivity contribution is -0.384. The molecule has 1 aromatic carbocycles. The molecule has 0 saturated carbocycles. The van der Waals surface area contributed by atoms with Crippen molar-refractivity contribution in [1.29, 1.82) is 0 Å². The standard InChI is InChI=1S/C10H12F3N3O4S/c11-10(12,13)7-15(6-5-14)21(19,20)9-3-1-8(2-4-9)16(17)18/h1-4H,5-7,14H2. The molecule has 0 atom stereocenters. The molecule has 0 spiro atoms. The highest BCUT2D eigenvalue weighted by molar-refractivity contribution is 7.89. The average Bonchev–Trinajstić information content (AvgIpc) is 2.36. The molecule has 1 rings (SSSR count). The minimum atomic E-state index is -4.72. The zero-order valence-electron chi connectivity index (χ0n) is 10.6. The van der Waals surface area contributed by atoms with E-state index in [1.807, 2.05) is 0 Å². The Labute approximate surface area is 118 Å². The maximum atomic E-state index is 12.4. The van der Waals surface area contributed by atoms with Crippen LogP contribution < -0.4 is 5.73 Å². The van der Waals surface area contributed by atoms with Crippen LogP contribution in [-0.2, 0) is 10.0 Å². The lowest BCUT2D eigenvalue weighted by Gasteiger charge is -2.22. The number of nitrogens with zero attached hydrogens (tertiary/aromatic N) is 2. The van der Waals surface area contributed by atoms with Crippen molar-refractivity contribution >= 4 is 15.7 Å². The second-order valence-corrected chi connectivity index (χ2v) is 5.93. The minimum Gasteiger partial charge on any atom is -0.329 e. The van der Waals surface area contributed by atoms with Crippen LogP contribution in [0.1, 0.15) is 0 Å². The van der Waals surface area contributed by atoms with Crippen molar-refractivity contribution in [1.82, 2.24) is 4.31 Å². The van der Waals surface area contributed by atoms with Crippen molar-refractivity contribution in [2.24, 2.45) is 5.73 Å². The largest absolute Gasteiger partial charge is 0.402 e. The molecule has 0 saturated heterocycles. The van der Waals surface area contributed by atoms with Crippen molar-refractivity contribution in [3.63, 3.8) is 0 Å². The van der Waals surface area contributed by atoms with E-state index in [0.717, 1.165) is 24.3 Å². The molecule has 0 amide bonds. The molecule has 1 aromatic rings. The summed E-state index contributed by atoms with van der Waals surface area (Å²) in [5.41, 5.74) is 4.76. The van der Waals surface area contributed by atoms with E-state index in [2.05, 4.69) is 0 Å². The summed E-state index contributed by atoms with van der Waals surface area (Å²) in [7, 11) is -4.43. The van der Waals surface area contributed by atoms with Gasteiger partial charge in [-0.25, -0.2) is 8.42 Å². The van der Waals surface area contributed by atoms with Crippen LogP contribution in [0.2, 0.25) is 0 Å². The fourth-order valence-electron chi connectivity index (χ4n) is 1.52. The number of rotatable bonds is 6. The summed E-state index contributed by atoms with van der Waals surface area (Å²) in [6, 6.07) is 3.57. The smallest absolute Gasteiger partial charge is 0.329 e. The molecule has 7 nitrogen and oxygen atoms in total. The van der Waals surface area contributed by atoms with Gasteiger partial charge in [-0.15, -0.1) is 0 Å². The van der Waals surface area contributed by atoms with E-state index in [1.165, 1.54) is 0 Å². The maximum absolute atomic E-state index is 12.4. The molecule has 0 aliphatic heterocycles. The molecule has 0 unspecified atom stereocenters. The average molecular weight is 327 g/mol. The third kappa shape index (κ3) is 4.65. The molecule has 0 heterocycles. The van der Waals surface area contributed by atoms with E-state index in [-0.39, 0.29) is 16.5 Å². The highest BCUT2D eigenvalue weighted by atomic mass is 32.2. The summed E-state index contributed by atoms with van der Waals surface area (Å²) in [6.45, 7) is -2.48. The summed E-state index contributed by atoms with van der Waals surface area (Å²) < 4.78 is 61.6. The van der Waals surface area contributed by atoms with E-state index in [1.54, 1.807) is 0 Å². The number of halogens is 3. The molecule has 0 fully saturated rings. The van der Waals surface area contributed by atoms with Gasteiger partial charge in [0.2, 0.25) is 10.0 Å². The molecule has 0 bridgehead atoms. The molecule has 0 aliphatic carbocycles. The minimum absolute atomic E-state index is 0.189. The number of nitrogens with two attached hydrogens (primary N) is 1. The first kappa shape index (κ1) is 17.3. The molecular weight excluding hydrogens is 315 g/mol. The Balaban J connectivity index is 3.13. The Bertz CT molecular complexity index is 601. The fourth-order valence-corrected chi connectivity index (χ4v) is 2.96. The molecule has 2 N–H and O–H groups in total. The predicted octanol–water partition coefficient (Wildman–Crippen LogP) is 1.11. The van der Waals surface area contributed by atoms with E-state index < -0.39 is 39.1 Å². The Kier molecular flexibility index (Phi) is 5.25. The van der Waals surface area contributed by atoms with Crippen LogP contribution in [0.15, 0.2) is 29.2 Å². The quantitative estimate of drug-likeness (QED) is 0.622. The zero-order valence-corrected chi connectivity index (χ0v) is 11.4. The molecule has 0 radical (unpaired) electrons. The van der Waals surface area contributed by atoms with E-state index in [4.69, 9.17) is 5.73 Å². The summed E-state index contributed by atoms with van der Waals surface area (Å²) in [6.07, 6.45) is -4.72. The van der Waals surface area contributed by atoms with Gasteiger partial charge in [0.15, 0.2) is 0 Å². The lowest BCUT2D eigenvalue weighted by Crippen LogP contribution is -2.41. The summed E-state index contributed by atoms with van der Waals surface area (Å²) in [4.78, 5) is 9.25. The summed E-state index contributed by atoms with van der Waals surface area (Å²) in [5, 5.41) is 10.5. The first-order valence-corrected chi connectivity index (χ1v) is 7.03. The van der Waals surface area contributed by atoms with Gasteiger partial charge in [0.05, 0.1) is 9.82 Å². The SMILES string of the molecule is NCCN(CC(F)(F)F)S(=O)(=O)c1ccc([N+](=O)[O-])cc1. The van der Waals surface area contributed by atoms with Crippen molar-refractivity contribution in [2.45, 2.75) is 11.1 Å². The van der Waals surface area contributed by atoms with Crippen LogP contribution in [0.4, 0.5) is 18.9 Å². The fraction of sp³-hybridized carbons (Fsp3) is 0.400. The first-order valence-electron chi connectivity index (χ1n) is 5.59. The monoisotopic (exact) mass is 327 g/mol. The number of hydrogen-bond donors (Lipinski definition) is 1. The Hall–Kier alpha value is -1.72. The number of nitro benzene ring substituents is 1. The van der Waals surface area contributed by atoms with Crippen molar-refractivity contribution in [3.8, 4) is 0 Å². The molecule has 0 aliphatic rings. The third-order valence-electron chi connectivity index (χ3n) is 2.42. The number of hydrogen-bond acceptors (Lipinski definition) is 5. The second kappa shape index (κ2) is 6.37. The Morgan fingerprint density at radius 1 is 1.24 bits per heavy atom. The topological polar surface area (TPSA) is 107 Å². The normalized spacial score (nSPS) is 12.6. The zero-order chi connectivity index (χ0) is 16.3. The lowest BCUT2D eigenvalue weighted by atomic mass is 10.3. The van der Waals surface area contributed by atoms with Crippen LogP contribution in [0.25, 0.3) is 0 Å². The van der Waals surface area contributed by atoms with Crippen LogP contribution in [0.5, 0.6) is 0 Å². The van der Waals surface area contributed by atoms with Crippen LogP contribution >= 0.6 is 0 Å². The van der Waals surface area contributed by atoms with Crippen LogP contribution in [0, 0.1) is 10.1 Å². The Morgan fingerprint density at radius 2 is 1.76 bits per heavy atom. The summed E-state index contributed by atoms with van der Waals surface area (Å²) in [5.74, 6) is 0. The first-order chi connectivity index (χ1) is 9.58. The predicted molar refractivity (Wildman–Crippen MR) is 67.0 cm³/mol. The highest BCUT2D eigenvalue weighted by Crippen LogP contribution is 2.23. The van der Waals surface area contributed by atoms with Crippen molar-refractivity contribution in [2.75, 3.05) is 19.6 Å². The molecule has 118 valence electrons. The van der Waals surface area contributed by atoms with Crippen molar-refractivity contribution in [3.05, 3.63) is 34.4 Å². The van der Waals surface area contributed by atoms with Crippen LogP contribution in [0.3, 0.4) is 0 Å². The number of benzene rings is 1. The highest BCUT2D eigenvalue weighted by Gasteiger charge is 2.36. The maximum Gasteiger partial charge on any atom is 0.402 e. The Morgan fingerprint density at radius 3 is 2.14 bits per heavy atom. The van der Waals surface area contributed by atoms with E-state index in [9.17, 15) is 31.7 Å². The molecule has 11 heteroatoms. The van der Waals surface area contributed by atoms with Gasteiger partial charge < -0.3 is 5.73 Å².